The summed E-state index contributed by atoms with van der Waals surface area (Å²) in [7, 11) is 0. The Bertz CT molecular complexity index is 909. The summed E-state index contributed by atoms with van der Waals surface area (Å²) >= 11 is 1.41. The highest BCUT2D eigenvalue weighted by Crippen LogP contribution is 2.14. The fourth-order valence-corrected chi connectivity index (χ4v) is 2.84. The van der Waals surface area contributed by atoms with Crippen LogP contribution in [0.4, 0.5) is 0 Å². The van der Waals surface area contributed by atoms with E-state index in [4.69, 9.17) is 10.00 Å². The van der Waals surface area contributed by atoms with Crippen molar-refractivity contribution >= 4 is 21.6 Å². The molecule has 2 heterocycles. The van der Waals surface area contributed by atoms with E-state index in [1.807, 2.05) is 11.4 Å². The molecule has 0 saturated heterocycles. The SMILES string of the molecule is N#Cc1ccc(OCC(O)Cn2cnc3sccc3c2=O)cc1. The maximum Gasteiger partial charge on any atom is 0.262 e. The molecule has 1 aromatic carbocycles. The summed E-state index contributed by atoms with van der Waals surface area (Å²) in [5.74, 6) is 0.557. The second kappa shape index (κ2) is 6.60. The van der Waals surface area contributed by atoms with Crippen LogP contribution in [0.5, 0.6) is 5.75 Å². The summed E-state index contributed by atoms with van der Waals surface area (Å²) in [6.07, 6.45) is 0.591. The van der Waals surface area contributed by atoms with Crippen molar-refractivity contribution in [2.45, 2.75) is 12.6 Å². The Kier molecular flexibility index (Phi) is 4.37. The van der Waals surface area contributed by atoms with Crippen LogP contribution in [0, 0.1) is 11.3 Å². The number of ether oxygens (including phenoxy) is 1. The molecule has 6 nitrogen and oxygen atoms in total. The number of hydrogen-bond donors (Lipinski definition) is 1. The zero-order valence-corrected chi connectivity index (χ0v) is 12.9. The number of rotatable bonds is 5. The van der Waals surface area contributed by atoms with Crippen LogP contribution in [-0.4, -0.2) is 27.4 Å². The Morgan fingerprint density at radius 1 is 1.35 bits per heavy atom. The van der Waals surface area contributed by atoms with Crippen molar-refractivity contribution in [2.75, 3.05) is 6.61 Å². The molecule has 0 radical (unpaired) electrons. The van der Waals surface area contributed by atoms with Crippen LogP contribution in [0.15, 0.2) is 46.8 Å². The molecule has 0 aliphatic rings. The van der Waals surface area contributed by atoms with E-state index in [0.29, 0.717) is 21.5 Å². The Morgan fingerprint density at radius 2 is 2.13 bits per heavy atom. The highest BCUT2D eigenvalue weighted by Gasteiger charge is 2.10. The van der Waals surface area contributed by atoms with Crippen LogP contribution in [0.2, 0.25) is 0 Å². The van der Waals surface area contributed by atoms with Crippen LogP contribution < -0.4 is 10.3 Å². The third-order valence-electron chi connectivity index (χ3n) is 3.28. The van der Waals surface area contributed by atoms with Gasteiger partial charge in [0.1, 0.15) is 23.3 Å². The van der Waals surface area contributed by atoms with E-state index in [-0.39, 0.29) is 18.7 Å². The van der Waals surface area contributed by atoms with Crippen LogP contribution in [0.1, 0.15) is 5.56 Å². The summed E-state index contributed by atoms with van der Waals surface area (Å²) in [6, 6.07) is 10.4. The molecule has 0 aliphatic carbocycles. The second-order valence-electron chi connectivity index (χ2n) is 4.94. The number of aromatic nitrogens is 2. The van der Waals surface area contributed by atoms with Crippen molar-refractivity contribution < 1.29 is 9.84 Å². The largest absolute Gasteiger partial charge is 0.491 e. The van der Waals surface area contributed by atoms with E-state index in [9.17, 15) is 9.90 Å². The Morgan fingerprint density at radius 3 is 2.87 bits per heavy atom. The quantitative estimate of drug-likeness (QED) is 0.771. The van der Waals surface area contributed by atoms with Gasteiger partial charge in [0.25, 0.3) is 5.56 Å². The summed E-state index contributed by atoms with van der Waals surface area (Å²) in [5, 5.41) is 21.1. The second-order valence-corrected chi connectivity index (χ2v) is 5.84. The van der Waals surface area contributed by atoms with Crippen molar-refractivity contribution in [2.24, 2.45) is 0 Å². The van der Waals surface area contributed by atoms with Gasteiger partial charge in [-0.2, -0.15) is 5.26 Å². The van der Waals surface area contributed by atoms with Crippen LogP contribution in [0.25, 0.3) is 10.2 Å². The molecule has 3 aromatic rings. The predicted octanol–water partition coefficient (Wildman–Crippen LogP) is 1.77. The lowest BCUT2D eigenvalue weighted by atomic mass is 10.2. The van der Waals surface area contributed by atoms with Crippen molar-refractivity contribution in [1.29, 1.82) is 5.26 Å². The third-order valence-corrected chi connectivity index (χ3v) is 4.10. The van der Waals surface area contributed by atoms with Crippen LogP contribution in [0.3, 0.4) is 0 Å². The highest BCUT2D eigenvalue weighted by atomic mass is 32.1. The molecular formula is C16H13N3O3S. The zero-order valence-electron chi connectivity index (χ0n) is 12.0. The standard InChI is InChI=1S/C16H13N3O3S/c17-7-11-1-3-13(4-2-11)22-9-12(20)8-19-10-18-15-14(16(19)21)5-6-23-15/h1-6,10,12,20H,8-9H2. The van der Waals surface area contributed by atoms with Gasteiger partial charge in [-0.05, 0) is 35.7 Å². The van der Waals surface area contributed by atoms with E-state index in [1.54, 1.807) is 30.3 Å². The first-order chi connectivity index (χ1) is 11.2. The van der Waals surface area contributed by atoms with Gasteiger partial charge in [0.15, 0.2) is 0 Å². The molecule has 1 atom stereocenters. The van der Waals surface area contributed by atoms with Gasteiger partial charge in [-0.1, -0.05) is 0 Å². The molecule has 0 fully saturated rings. The molecule has 23 heavy (non-hydrogen) atoms. The Labute approximate surface area is 135 Å². The van der Waals surface area contributed by atoms with Crippen LogP contribution >= 0.6 is 11.3 Å². The number of nitriles is 1. The topological polar surface area (TPSA) is 88.1 Å². The maximum atomic E-state index is 12.2. The smallest absolute Gasteiger partial charge is 0.262 e. The first kappa shape index (κ1) is 15.2. The minimum absolute atomic E-state index is 0.0417. The lowest BCUT2D eigenvalue weighted by Gasteiger charge is -2.13. The lowest BCUT2D eigenvalue weighted by Crippen LogP contribution is -2.30. The number of fused-ring (bicyclic) bond motifs is 1. The van der Waals surface area contributed by atoms with Gasteiger partial charge in [0.05, 0.1) is 29.9 Å². The van der Waals surface area contributed by atoms with E-state index >= 15 is 0 Å². The first-order valence-corrected chi connectivity index (χ1v) is 7.79. The zero-order chi connectivity index (χ0) is 16.2. The minimum Gasteiger partial charge on any atom is -0.491 e. The van der Waals surface area contributed by atoms with Crippen molar-refractivity contribution in [3.8, 4) is 11.8 Å². The summed E-state index contributed by atoms with van der Waals surface area (Å²) in [6.45, 7) is 0.147. The fourth-order valence-electron chi connectivity index (χ4n) is 2.12. The molecule has 0 spiro atoms. The van der Waals surface area contributed by atoms with Crippen molar-refractivity contribution in [3.63, 3.8) is 0 Å². The van der Waals surface area contributed by atoms with Crippen molar-refractivity contribution in [1.82, 2.24) is 9.55 Å². The number of nitrogens with zero attached hydrogens (tertiary/aromatic N) is 3. The first-order valence-electron chi connectivity index (χ1n) is 6.91. The third kappa shape index (κ3) is 3.39. The Hall–Kier alpha value is -2.69. The van der Waals surface area contributed by atoms with Crippen molar-refractivity contribution in [3.05, 3.63) is 58.0 Å². The highest BCUT2D eigenvalue weighted by molar-refractivity contribution is 7.16. The van der Waals surface area contributed by atoms with E-state index in [1.165, 1.54) is 22.2 Å². The van der Waals surface area contributed by atoms with Gasteiger partial charge in [-0.15, -0.1) is 11.3 Å². The van der Waals surface area contributed by atoms with Gasteiger partial charge < -0.3 is 9.84 Å². The van der Waals surface area contributed by atoms with Gasteiger partial charge in [0, 0.05) is 0 Å². The average Bonchev–Trinajstić information content (AvgIpc) is 3.05. The normalized spacial score (nSPS) is 12.0. The number of benzene rings is 1. The molecule has 116 valence electrons. The predicted molar refractivity (Wildman–Crippen MR) is 86.5 cm³/mol. The minimum atomic E-state index is -0.846. The molecule has 1 N–H and O–H groups in total. The van der Waals surface area contributed by atoms with Crippen LogP contribution in [-0.2, 0) is 6.54 Å². The molecule has 7 heteroatoms. The molecule has 3 rings (SSSR count). The molecule has 0 aliphatic heterocycles. The summed E-state index contributed by atoms with van der Waals surface area (Å²) in [4.78, 5) is 17.1. The number of aliphatic hydroxyl groups excluding tert-OH is 1. The maximum absolute atomic E-state index is 12.2. The molecule has 0 bridgehead atoms. The van der Waals surface area contributed by atoms with Gasteiger partial charge in [0.2, 0.25) is 0 Å². The number of aliphatic hydroxyl groups is 1. The van der Waals surface area contributed by atoms with E-state index < -0.39 is 6.10 Å². The number of thiophene rings is 1. The van der Waals surface area contributed by atoms with Gasteiger partial charge in [-0.3, -0.25) is 9.36 Å². The molecule has 2 aromatic heterocycles. The van der Waals surface area contributed by atoms with Gasteiger partial charge >= 0.3 is 0 Å². The van der Waals surface area contributed by atoms with E-state index in [2.05, 4.69) is 4.98 Å². The summed E-state index contributed by atoms with van der Waals surface area (Å²) in [5.41, 5.74) is 0.369. The van der Waals surface area contributed by atoms with E-state index in [0.717, 1.165) is 0 Å². The average molecular weight is 327 g/mol. The molecule has 0 amide bonds. The molecule has 1 unspecified atom stereocenters. The molecular weight excluding hydrogens is 314 g/mol. The van der Waals surface area contributed by atoms with Gasteiger partial charge in [-0.25, -0.2) is 4.98 Å². The molecule has 0 saturated carbocycles. The fraction of sp³-hybridized carbons (Fsp3) is 0.188. The lowest BCUT2D eigenvalue weighted by molar-refractivity contribution is 0.0915. The number of hydrogen-bond acceptors (Lipinski definition) is 6. The Balaban J connectivity index is 1.64. The monoisotopic (exact) mass is 327 g/mol. The summed E-state index contributed by atoms with van der Waals surface area (Å²) < 4.78 is 6.84.